The summed E-state index contributed by atoms with van der Waals surface area (Å²) in [4.78, 5) is 76.9. The average Bonchev–Trinajstić information content (AvgIpc) is 3.18. The van der Waals surface area contributed by atoms with Crippen LogP contribution in [0.15, 0.2) is 118 Å². The maximum absolute atomic E-state index is 13.3. The molecule has 0 amide bonds. The van der Waals surface area contributed by atoms with Crippen LogP contribution in [0.3, 0.4) is 0 Å². The summed E-state index contributed by atoms with van der Waals surface area (Å²) < 4.78 is 4.97. The van der Waals surface area contributed by atoms with Crippen LogP contribution >= 0.6 is 90.4 Å². The molecule has 3 N–H and O–H groups in total. The van der Waals surface area contributed by atoms with Gasteiger partial charge >= 0.3 is 17.9 Å². The zero-order chi connectivity index (χ0) is 40.6. The third-order valence-corrected chi connectivity index (χ3v) is 12.1. The number of carbonyl (C=O) groups is 3. The minimum Gasteiger partial charge on any atom is -0.478 e. The van der Waals surface area contributed by atoms with Crippen molar-refractivity contribution < 1.29 is 29.7 Å². The van der Waals surface area contributed by atoms with Gasteiger partial charge in [-0.05, 0) is 175 Å². The van der Waals surface area contributed by atoms with Crippen molar-refractivity contribution in [3.8, 4) is 0 Å². The van der Waals surface area contributed by atoms with E-state index in [0.717, 1.165) is 7.14 Å². The molecule has 57 heavy (non-hydrogen) atoms. The van der Waals surface area contributed by atoms with Crippen LogP contribution in [0.4, 0.5) is 17.1 Å². The molecule has 0 unspecified atom stereocenters. The van der Waals surface area contributed by atoms with Gasteiger partial charge < -0.3 is 24.6 Å². The molecule has 9 aromatic rings. The molecule has 11 nitrogen and oxygen atoms in total. The van der Waals surface area contributed by atoms with Gasteiger partial charge in [0.2, 0.25) is 0 Å². The Morgan fingerprint density at radius 1 is 0.421 bits per heavy atom. The van der Waals surface area contributed by atoms with Crippen molar-refractivity contribution in [2.24, 2.45) is 0 Å². The summed E-state index contributed by atoms with van der Waals surface area (Å²) in [6.45, 7) is 0. The number of benzene rings is 6. The van der Waals surface area contributed by atoms with E-state index < -0.39 is 17.9 Å². The summed E-state index contributed by atoms with van der Waals surface area (Å²) in [5.41, 5.74) is 1.57. The maximum Gasteiger partial charge on any atom is 0.337 e. The van der Waals surface area contributed by atoms with E-state index in [4.69, 9.17) is 0 Å². The third-order valence-electron chi connectivity index (χ3n) is 9.56. The van der Waals surface area contributed by atoms with E-state index >= 15 is 0 Å². The second-order valence-corrected chi connectivity index (χ2v) is 17.8. The quantitative estimate of drug-likeness (QED) is 0.0828. The highest BCUT2D eigenvalue weighted by molar-refractivity contribution is 14.1. The number of carboxylic acids is 3. The van der Waals surface area contributed by atoms with Crippen LogP contribution in [-0.2, 0) is 0 Å². The summed E-state index contributed by atoms with van der Waals surface area (Å²) in [6.07, 6.45) is 0. The van der Waals surface area contributed by atoms with Crippen LogP contribution in [0.2, 0.25) is 0 Å². The normalized spacial score (nSPS) is 11.4. The lowest BCUT2D eigenvalue weighted by Crippen LogP contribution is -2.20. The largest absolute Gasteiger partial charge is 0.478 e. The Morgan fingerprint density at radius 2 is 0.789 bits per heavy atom. The molecule has 0 radical (unpaired) electrons. The Kier molecular flexibility index (Phi) is 10.2. The predicted molar refractivity (Wildman–Crippen MR) is 253 cm³/mol. The molecular weight excluding hydrogens is 1180 g/mol. The number of hydrogen-bond donors (Lipinski definition) is 3. The van der Waals surface area contributed by atoms with Crippen molar-refractivity contribution in [2.75, 3.05) is 4.90 Å². The van der Waals surface area contributed by atoms with Crippen molar-refractivity contribution >= 4 is 174 Å². The molecule has 0 aliphatic heterocycles. The van der Waals surface area contributed by atoms with E-state index in [-0.39, 0.29) is 50.0 Å². The van der Waals surface area contributed by atoms with Crippen molar-refractivity contribution in [1.29, 1.82) is 0 Å². The molecule has 3 heterocycles. The van der Waals surface area contributed by atoms with E-state index in [0.29, 0.717) is 56.0 Å². The number of aromatic carboxylic acids is 3. The smallest absolute Gasteiger partial charge is 0.337 e. The van der Waals surface area contributed by atoms with E-state index in [2.05, 4.69) is 45.2 Å². The van der Waals surface area contributed by atoms with Gasteiger partial charge in [-0.2, -0.15) is 0 Å². The SMILES string of the molecule is O=C(O)c1ccccc1N(c1ccc(I)cc1C(=O)O)c1ccc(I)cc1C(=O)O.O=c1c2cccc3c(=O)c4cc(I)cc5c(=O)c6cc(I)cc1c6n(c23)c45. The highest BCUT2D eigenvalue weighted by Crippen LogP contribution is 2.41. The zero-order valence-corrected chi connectivity index (χ0v) is 37.1. The Bertz CT molecular complexity index is 3190. The van der Waals surface area contributed by atoms with Crippen LogP contribution in [0.1, 0.15) is 31.1 Å². The molecular formula is C42H20I4N2O9. The summed E-state index contributed by atoms with van der Waals surface area (Å²) in [7, 11) is 0. The molecule has 0 atom stereocenters. The standard InChI is InChI=1S/C21H13I2NO6.C21H7I2NO3/c22-11-5-7-17(14(9-11)20(27)28)24(16-4-2-1-3-13(16)19(25)26)18-8-6-12(23)10-15(18)21(29)30;22-8-4-12-17-14(6-8)21(27)15-7-9(23)5-13-18(15)24(17)16-10(19(12)25)2-1-3-11(16)20(13)26/h1-10H,(H,25,26)(H,27,28)(H,29,30);1-7H. The molecule has 0 saturated carbocycles. The fourth-order valence-corrected chi connectivity index (χ4v) is 9.51. The topological polar surface area (TPSA) is 171 Å². The van der Waals surface area contributed by atoms with Crippen molar-refractivity contribution in [3.63, 3.8) is 0 Å². The van der Waals surface area contributed by atoms with Crippen LogP contribution in [0.5, 0.6) is 0 Å². The number of anilines is 3. The molecule has 0 bridgehead atoms. The number of rotatable bonds is 6. The molecule has 0 fully saturated rings. The fraction of sp³-hybridized carbons (Fsp3) is 0. The number of hydrogen-bond acceptors (Lipinski definition) is 7. The van der Waals surface area contributed by atoms with E-state index in [1.807, 2.05) is 73.8 Å². The van der Waals surface area contributed by atoms with Crippen LogP contribution < -0.4 is 21.2 Å². The first-order valence-electron chi connectivity index (χ1n) is 16.6. The van der Waals surface area contributed by atoms with Crippen LogP contribution in [0.25, 0.3) is 48.9 Å². The Hall–Kier alpha value is -4.74. The summed E-state index contributed by atoms with van der Waals surface area (Å²) >= 11 is 8.22. The highest BCUT2D eigenvalue weighted by atomic mass is 127. The monoisotopic (exact) mass is 1200 g/mol. The first-order valence-corrected chi connectivity index (χ1v) is 20.9. The first-order chi connectivity index (χ1) is 27.2. The molecule has 0 saturated heterocycles. The summed E-state index contributed by atoms with van der Waals surface area (Å²) in [5, 5.41) is 32.3. The second-order valence-electron chi connectivity index (χ2n) is 12.8. The minimum absolute atomic E-state index is 0.0861. The molecule has 0 aliphatic carbocycles. The average molecular weight is 1200 g/mol. The Labute approximate surface area is 374 Å². The van der Waals surface area contributed by atoms with Crippen molar-refractivity contribution in [1.82, 2.24) is 4.40 Å². The minimum atomic E-state index is -1.22. The van der Waals surface area contributed by atoms with Crippen LogP contribution in [-0.4, -0.2) is 37.6 Å². The Morgan fingerprint density at radius 3 is 1.21 bits per heavy atom. The van der Waals surface area contributed by atoms with Gasteiger partial charge in [0.25, 0.3) is 0 Å². The van der Waals surface area contributed by atoms with Gasteiger partial charge in [0.1, 0.15) is 0 Å². The number of nitrogens with zero attached hydrogens (tertiary/aromatic N) is 2. The number of para-hydroxylation sites is 2. The van der Waals surface area contributed by atoms with Gasteiger partial charge in [0, 0.05) is 46.6 Å². The maximum atomic E-state index is 13.3. The lowest BCUT2D eigenvalue weighted by molar-refractivity contribution is 0.0688. The number of carboxylic acid groups (broad SMARTS) is 3. The van der Waals surface area contributed by atoms with Gasteiger partial charge in [-0.3, -0.25) is 14.4 Å². The summed E-state index contributed by atoms with van der Waals surface area (Å²) in [5.74, 6) is -3.66. The molecule has 0 aliphatic rings. The van der Waals surface area contributed by atoms with Gasteiger partial charge in [0.05, 0.1) is 50.3 Å². The number of pyridine rings is 3. The summed E-state index contributed by atoms with van der Waals surface area (Å²) in [6, 6.07) is 27.9. The predicted octanol–water partition coefficient (Wildman–Crippen LogP) is 9.62. The molecule has 280 valence electrons. The van der Waals surface area contributed by atoms with Gasteiger partial charge in [-0.25, -0.2) is 14.4 Å². The molecule has 15 heteroatoms. The molecule has 9 rings (SSSR count). The van der Waals surface area contributed by atoms with E-state index in [1.165, 1.54) is 41.3 Å². The third kappa shape index (κ3) is 6.51. The number of halogens is 4. The van der Waals surface area contributed by atoms with Gasteiger partial charge in [0.15, 0.2) is 16.3 Å². The zero-order valence-electron chi connectivity index (χ0n) is 28.5. The second kappa shape index (κ2) is 14.9. The molecule has 6 aromatic carbocycles. The Balaban J connectivity index is 0.000000160. The van der Waals surface area contributed by atoms with E-state index in [9.17, 15) is 44.1 Å². The molecule has 0 spiro atoms. The highest BCUT2D eigenvalue weighted by Gasteiger charge is 2.28. The van der Waals surface area contributed by atoms with E-state index in [1.54, 1.807) is 42.5 Å². The van der Waals surface area contributed by atoms with Gasteiger partial charge in [-0.15, -0.1) is 0 Å². The first kappa shape index (κ1) is 39.1. The lowest BCUT2D eigenvalue weighted by Gasteiger charge is -2.29. The lowest BCUT2D eigenvalue weighted by atomic mass is 9.98. The number of aromatic nitrogens is 1. The van der Waals surface area contributed by atoms with Crippen LogP contribution in [0, 0.1) is 14.3 Å². The molecule has 3 aromatic heterocycles. The van der Waals surface area contributed by atoms with Crippen molar-refractivity contribution in [3.05, 3.63) is 165 Å². The van der Waals surface area contributed by atoms with Gasteiger partial charge in [-0.1, -0.05) is 18.2 Å². The fourth-order valence-electron chi connectivity index (χ4n) is 7.28. The van der Waals surface area contributed by atoms with Crippen molar-refractivity contribution in [2.45, 2.75) is 0 Å².